The molecule has 14 heavy (non-hydrogen) atoms. The van der Waals surface area contributed by atoms with Crippen molar-refractivity contribution in [3.05, 3.63) is 0 Å². The van der Waals surface area contributed by atoms with Gasteiger partial charge in [-0.05, 0) is 44.7 Å². The summed E-state index contributed by atoms with van der Waals surface area (Å²) in [5, 5.41) is 9.31. The minimum Gasteiger partial charge on any atom is -0.286 e. The first-order valence-electron chi connectivity index (χ1n) is 5.93. The Morgan fingerprint density at radius 1 is 1.14 bits per heavy atom. The van der Waals surface area contributed by atoms with Gasteiger partial charge in [0, 0.05) is 0 Å². The van der Waals surface area contributed by atoms with Crippen LogP contribution in [0.3, 0.4) is 0 Å². The third-order valence-corrected chi connectivity index (χ3v) is 3.79. The Kier molecular flexibility index (Phi) is 2.78. The third kappa shape index (κ3) is 1.66. The molecule has 2 nitrogen and oxygen atoms in total. The first kappa shape index (κ1) is 9.98. The normalized spacial score (nSPS) is 39.6. The van der Waals surface area contributed by atoms with Gasteiger partial charge in [0.05, 0.1) is 6.07 Å². The first-order chi connectivity index (χ1) is 6.77. The van der Waals surface area contributed by atoms with E-state index in [4.69, 9.17) is 0 Å². The Labute approximate surface area is 86.9 Å². The molecule has 2 rings (SSSR count). The minimum atomic E-state index is -0.0657. The van der Waals surface area contributed by atoms with Crippen LogP contribution in [0.2, 0.25) is 0 Å². The van der Waals surface area contributed by atoms with E-state index in [1.807, 2.05) is 0 Å². The molecule has 0 bridgehead atoms. The molecule has 1 aliphatic carbocycles. The summed E-state index contributed by atoms with van der Waals surface area (Å²) < 4.78 is 0. The topological polar surface area (TPSA) is 27.0 Å². The minimum absolute atomic E-state index is 0.0657. The fraction of sp³-hybridized carbons (Fsp3) is 0.917. The summed E-state index contributed by atoms with van der Waals surface area (Å²) in [6.07, 6.45) is 7.49. The number of likely N-dealkylation sites (tertiary alicyclic amines) is 1. The lowest BCUT2D eigenvalue weighted by atomic mass is 9.69. The van der Waals surface area contributed by atoms with Crippen LogP contribution in [0.5, 0.6) is 0 Å². The smallest absolute Gasteiger partial charge is 0.109 e. The zero-order valence-electron chi connectivity index (χ0n) is 9.13. The number of hydrogen-bond donors (Lipinski definition) is 0. The van der Waals surface area contributed by atoms with E-state index in [-0.39, 0.29) is 5.54 Å². The molecule has 2 aliphatic rings. The van der Waals surface area contributed by atoms with E-state index in [1.165, 1.54) is 25.7 Å². The Balaban J connectivity index is 2.01. The number of nitrogens with zero attached hydrogens (tertiary/aromatic N) is 2. The molecular formula is C12H20N2. The summed E-state index contributed by atoms with van der Waals surface area (Å²) in [4.78, 5) is 2.46. The molecule has 0 unspecified atom stereocenters. The lowest BCUT2D eigenvalue weighted by molar-refractivity contribution is 0.0291. The van der Waals surface area contributed by atoms with Crippen molar-refractivity contribution in [2.45, 2.75) is 51.0 Å². The van der Waals surface area contributed by atoms with E-state index in [2.05, 4.69) is 17.9 Å². The second kappa shape index (κ2) is 3.90. The molecule has 0 amide bonds. The van der Waals surface area contributed by atoms with Crippen LogP contribution >= 0.6 is 0 Å². The van der Waals surface area contributed by atoms with Gasteiger partial charge in [-0.2, -0.15) is 5.26 Å². The van der Waals surface area contributed by atoms with Crippen LogP contribution < -0.4 is 0 Å². The standard InChI is InChI=1S/C12H20N2/c1-11-8-12(9-11,10-13)14-6-4-2-3-5-7-14/h11H,2-9H2,1H3. The van der Waals surface area contributed by atoms with Gasteiger partial charge in [-0.3, -0.25) is 4.90 Å². The van der Waals surface area contributed by atoms with Crippen LogP contribution in [-0.4, -0.2) is 23.5 Å². The number of rotatable bonds is 1. The zero-order chi connectivity index (χ0) is 10.0. The van der Waals surface area contributed by atoms with Crippen molar-refractivity contribution in [2.24, 2.45) is 5.92 Å². The maximum absolute atomic E-state index is 9.31. The van der Waals surface area contributed by atoms with E-state index in [0.717, 1.165) is 31.8 Å². The maximum Gasteiger partial charge on any atom is 0.109 e. The van der Waals surface area contributed by atoms with Crippen molar-refractivity contribution in [2.75, 3.05) is 13.1 Å². The average Bonchev–Trinajstić information content (AvgIpc) is 2.40. The Morgan fingerprint density at radius 3 is 2.14 bits per heavy atom. The highest BCUT2D eigenvalue weighted by atomic mass is 15.2. The van der Waals surface area contributed by atoms with E-state index >= 15 is 0 Å². The van der Waals surface area contributed by atoms with Gasteiger partial charge in [0.2, 0.25) is 0 Å². The van der Waals surface area contributed by atoms with Gasteiger partial charge in [-0.1, -0.05) is 19.8 Å². The summed E-state index contributed by atoms with van der Waals surface area (Å²) in [5.41, 5.74) is -0.0657. The van der Waals surface area contributed by atoms with E-state index in [9.17, 15) is 5.26 Å². The van der Waals surface area contributed by atoms with E-state index < -0.39 is 0 Å². The number of hydrogen-bond acceptors (Lipinski definition) is 2. The molecule has 1 heterocycles. The van der Waals surface area contributed by atoms with Crippen molar-refractivity contribution in [3.8, 4) is 6.07 Å². The molecule has 0 radical (unpaired) electrons. The molecule has 1 aliphatic heterocycles. The van der Waals surface area contributed by atoms with Gasteiger partial charge in [0.25, 0.3) is 0 Å². The lowest BCUT2D eigenvalue weighted by Crippen LogP contribution is -2.56. The summed E-state index contributed by atoms with van der Waals surface area (Å²) in [5.74, 6) is 0.762. The predicted molar refractivity (Wildman–Crippen MR) is 56.8 cm³/mol. The lowest BCUT2D eigenvalue weighted by Gasteiger charge is -2.48. The van der Waals surface area contributed by atoms with Gasteiger partial charge in [-0.25, -0.2) is 0 Å². The van der Waals surface area contributed by atoms with Gasteiger partial charge >= 0.3 is 0 Å². The predicted octanol–water partition coefficient (Wildman–Crippen LogP) is 2.55. The summed E-state index contributed by atoms with van der Waals surface area (Å²) in [6.45, 7) is 4.56. The molecule has 0 spiro atoms. The van der Waals surface area contributed by atoms with Gasteiger partial charge in [0.15, 0.2) is 0 Å². The van der Waals surface area contributed by atoms with Crippen LogP contribution in [0.25, 0.3) is 0 Å². The Hall–Kier alpha value is -0.550. The quantitative estimate of drug-likeness (QED) is 0.638. The Morgan fingerprint density at radius 2 is 1.71 bits per heavy atom. The monoisotopic (exact) mass is 192 g/mol. The van der Waals surface area contributed by atoms with Gasteiger partial charge in [-0.15, -0.1) is 0 Å². The SMILES string of the molecule is CC1CC(C#N)(N2CCCCCC2)C1. The maximum atomic E-state index is 9.31. The van der Waals surface area contributed by atoms with Crippen molar-refractivity contribution in [1.29, 1.82) is 5.26 Å². The third-order valence-electron chi connectivity index (χ3n) is 3.79. The van der Waals surface area contributed by atoms with Crippen LogP contribution in [-0.2, 0) is 0 Å². The molecule has 0 aromatic carbocycles. The van der Waals surface area contributed by atoms with Gasteiger partial charge in [0.1, 0.15) is 5.54 Å². The van der Waals surface area contributed by atoms with Crippen molar-refractivity contribution < 1.29 is 0 Å². The van der Waals surface area contributed by atoms with Gasteiger partial charge < -0.3 is 0 Å². The molecule has 78 valence electrons. The van der Waals surface area contributed by atoms with Crippen LogP contribution in [0.15, 0.2) is 0 Å². The zero-order valence-corrected chi connectivity index (χ0v) is 9.13. The fourth-order valence-corrected chi connectivity index (χ4v) is 3.01. The molecule has 0 aromatic rings. The molecule has 1 saturated heterocycles. The fourth-order valence-electron chi connectivity index (χ4n) is 3.01. The molecule has 2 heteroatoms. The highest BCUT2D eigenvalue weighted by Crippen LogP contribution is 2.42. The highest BCUT2D eigenvalue weighted by molar-refractivity contribution is 5.15. The summed E-state index contributed by atoms with van der Waals surface area (Å²) >= 11 is 0. The molecule has 0 N–H and O–H groups in total. The summed E-state index contributed by atoms with van der Waals surface area (Å²) in [6, 6.07) is 2.57. The summed E-state index contributed by atoms with van der Waals surface area (Å²) in [7, 11) is 0. The van der Waals surface area contributed by atoms with Crippen molar-refractivity contribution in [3.63, 3.8) is 0 Å². The molecule has 1 saturated carbocycles. The molecular weight excluding hydrogens is 172 g/mol. The number of nitriles is 1. The van der Waals surface area contributed by atoms with Crippen LogP contribution in [0, 0.1) is 17.2 Å². The second-order valence-corrected chi connectivity index (χ2v) is 5.06. The van der Waals surface area contributed by atoms with Crippen LogP contribution in [0.1, 0.15) is 45.4 Å². The Bertz CT molecular complexity index is 227. The van der Waals surface area contributed by atoms with Crippen molar-refractivity contribution >= 4 is 0 Å². The largest absolute Gasteiger partial charge is 0.286 e. The second-order valence-electron chi connectivity index (χ2n) is 5.06. The molecule has 0 atom stereocenters. The average molecular weight is 192 g/mol. The molecule has 2 fully saturated rings. The van der Waals surface area contributed by atoms with Crippen LogP contribution in [0.4, 0.5) is 0 Å². The van der Waals surface area contributed by atoms with E-state index in [1.54, 1.807) is 0 Å². The molecule has 0 aromatic heterocycles. The van der Waals surface area contributed by atoms with E-state index in [0.29, 0.717) is 0 Å². The van der Waals surface area contributed by atoms with Crippen molar-refractivity contribution in [1.82, 2.24) is 4.90 Å². The highest BCUT2D eigenvalue weighted by Gasteiger charge is 2.46. The first-order valence-corrected chi connectivity index (χ1v) is 5.93.